The predicted molar refractivity (Wildman–Crippen MR) is 73.7 cm³/mol. The Labute approximate surface area is 115 Å². The molecular weight excluding hydrogens is 252 g/mol. The van der Waals surface area contributed by atoms with Crippen LogP contribution in [0, 0.1) is 5.92 Å². The Morgan fingerprint density at radius 1 is 1.11 bits per heavy atom. The van der Waals surface area contributed by atoms with Crippen LogP contribution in [0.3, 0.4) is 0 Å². The molecule has 0 N–H and O–H groups in total. The maximum absolute atomic E-state index is 11.4. The van der Waals surface area contributed by atoms with Crippen LogP contribution in [0.5, 0.6) is 0 Å². The fourth-order valence-corrected chi connectivity index (χ4v) is 1.48. The zero-order chi connectivity index (χ0) is 14.0. The van der Waals surface area contributed by atoms with Gasteiger partial charge in [0, 0.05) is 0 Å². The van der Waals surface area contributed by atoms with Crippen molar-refractivity contribution in [2.75, 3.05) is 12.4 Å². The average Bonchev–Trinajstić information content (AvgIpc) is 2.32. The first-order valence-corrected chi connectivity index (χ1v) is 7.07. The van der Waals surface area contributed by atoms with E-state index in [-0.39, 0.29) is 5.75 Å². The molecule has 0 bridgehead atoms. The lowest BCUT2D eigenvalue weighted by Crippen LogP contribution is -2.27. The van der Waals surface area contributed by atoms with E-state index in [9.17, 15) is 9.59 Å². The fourth-order valence-electron chi connectivity index (χ4n) is 1.40. The third kappa shape index (κ3) is 9.33. The molecule has 0 amide bonds. The molecule has 0 radical (unpaired) electrons. The van der Waals surface area contributed by atoms with Gasteiger partial charge in [0.05, 0.1) is 12.4 Å². The molecule has 0 aromatic carbocycles. The number of thiol groups is 1. The lowest BCUT2D eigenvalue weighted by molar-refractivity contribution is -0.165. The van der Waals surface area contributed by atoms with Gasteiger partial charge >= 0.3 is 11.9 Å². The number of hydrogen-bond acceptors (Lipinski definition) is 5. The Hall–Kier alpha value is -0.710. The highest BCUT2D eigenvalue weighted by atomic mass is 32.1. The molecule has 5 heteroatoms. The smallest absolute Gasteiger partial charge is 0.347 e. The molecule has 0 aliphatic heterocycles. The van der Waals surface area contributed by atoms with Gasteiger partial charge in [-0.1, -0.05) is 33.1 Å². The van der Waals surface area contributed by atoms with Crippen LogP contribution in [0.25, 0.3) is 0 Å². The van der Waals surface area contributed by atoms with Crippen molar-refractivity contribution in [1.82, 2.24) is 0 Å². The molecule has 0 saturated carbocycles. The molecule has 0 aliphatic carbocycles. The van der Waals surface area contributed by atoms with Gasteiger partial charge in [-0.15, -0.1) is 0 Å². The molecule has 18 heavy (non-hydrogen) atoms. The van der Waals surface area contributed by atoms with Gasteiger partial charge in [0.2, 0.25) is 0 Å². The Morgan fingerprint density at radius 3 is 2.33 bits per heavy atom. The highest BCUT2D eigenvalue weighted by Crippen LogP contribution is 2.08. The minimum absolute atomic E-state index is 0.0349. The molecule has 1 unspecified atom stereocenters. The topological polar surface area (TPSA) is 52.6 Å². The zero-order valence-electron chi connectivity index (χ0n) is 11.5. The van der Waals surface area contributed by atoms with Crippen molar-refractivity contribution < 1.29 is 19.1 Å². The summed E-state index contributed by atoms with van der Waals surface area (Å²) in [4.78, 5) is 22.3. The number of ether oxygens (including phenoxy) is 2. The summed E-state index contributed by atoms with van der Waals surface area (Å²) in [5.74, 6) is -0.325. The Morgan fingerprint density at radius 2 is 1.78 bits per heavy atom. The standard InChI is InChI=1S/C13H24O4S/c1-10(2)7-5-4-6-8-16-13(15)11(3)17-12(14)9-18/h10-11,18H,4-9H2,1-3H3. The summed E-state index contributed by atoms with van der Waals surface area (Å²) < 4.78 is 9.80. The summed E-state index contributed by atoms with van der Waals surface area (Å²) in [5.41, 5.74) is 0. The SMILES string of the molecule is CC(C)CCCCCOC(=O)C(C)OC(=O)CS. The van der Waals surface area contributed by atoms with Crippen molar-refractivity contribution in [3.05, 3.63) is 0 Å². The van der Waals surface area contributed by atoms with Crippen molar-refractivity contribution in [3.63, 3.8) is 0 Å². The van der Waals surface area contributed by atoms with E-state index in [1.165, 1.54) is 13.3 Å². The summed E-state index contributed by atoms with van der Waals surface area (Å²) in [6.07, 6.45) is 3.41. The van der Waals surface area contributed by atoms with Gasteiger partial charge in [-0.2, -0.15) is 12.6 Å². The first-order chi connectivity index (χ1) is 8.47. The molecule has 0 rings (SSSR count). The van der Waals surface area contributed by atoms with E-state index in [1.807, 2.05) is 0 Å². The molecule has 0 aromatic heterocycles. The number of hydrogen-bond donors (Lipinski definition) is 1. The van der Waals surface area contributed by atoms with E-state index in [1.54, 1.807) is 0 Å². The first kappa shape index (κ1) is 17.3. The Balaban J connectivity index is 3.55. The van der Waals surface area contributed by atoms with Gasteiger partial charge in [-0.05, 0) is 19.3 Å². The van der Waals surface area contributed by atoms with Gasteiger partial charge in [0.25, 0.3) is 0 Å². The van der Waals surface area contributed by atoms with Crippen molar-refractivity contribution in [2.24, 2.45) is 5.92 Å². The van der Waals surface area contributed by atoms with Crippen molar-refractivity contribution in [1.29, 1.82) is 0 Å². The molecule has 0 fully saturated rings. The van der Waals surface area contributed by atoms with E-state index in [2.05, 4.69) is 26.5 Å². The van der Waals surface area contributed by atoms with Crippen LogP contribution in [0.15, 0.2) is 0 Å². The van der Waals surface area contributed by atoms with Crippen LogP contribution in [-0.4, -0.2) is 30.4 Å². The monoisotopic (exact) mass is 276 g/mol. The third-order valence-corrected chi connectivity index (χ3v) is 2.70. The third-order valence-electron chi connectivity index (χ3n) is 2.44. The van der Waals surface area contributed by atoms with Gasteiger partial charge in [0.15, 0.2) is 6.10 Å². The van der Waals surface area contributed by atoms with Gasteiger partial charge in [-0.3, -0.25) is 4.79 Å². The summed E-state index contributed by atoms with van der Waals surface area (Å²) >= 11 is 3.76. The maximum atomic E-state index is 11.4. The average molecular weight is 276 g/mol. The lowest BCUT2D eigenvalue weighted by atomic mass is 10.1. The van der Waals surface area contributed by atoms with Crippen LogP contribution in [0.4, 0.5) is 0 Å². The quantitative estimate of drug-likeness (QED) is 0.399. The van der Waals surface area contributed by atoms with E-state index >= 15 is 0 Å². The highest BCUT2D eigenvalue weighted by Gasteiger charge is 2.18. The number of carbonyl (C=O) groups excluding carboxylic acids is 2. The first-order valence-electron chi connectivity index (χ1n) is 6.44. The second-order valence-corrected chi connectivity index (χ2v) is 5.02. The summed E-state index contributed by atoms with van der Waals surface area (Å²) in [6.45, 7) is 6.27. The fraction of sp³-hybridized carbons (Fsp3) is 0.846. The summed E-state index contributed by atoms with van der Waals surface area (Å²) in [6, 6.07) is 0. The normalized spacial score (nSPS) is 12.3. The number of rotatable bonds is 9. The molecule has 1 atom stereocenters. The van der Waals surface area contributed by atoms with Crippen LogP contribution < -0.4 is 0 Å². The molecule has 106 valence electrons. The molecule has 0 heterocycles. The number of esters is 2. The van der Waals surface area contributed by atoms with Crippen LogP contribution >= 0.6 is 12.6 Å². The van der Waals surface area contributed by atoms with E-state index in [4.69, 9.17) is 9.47 Å². The van der Waals surface area contributed by atoms with Crippen LogP contribution in [0.2, 0.25) is 0 Å². The minimum Gasteiger partial charge on any atom is -0.463 e. The number of unbranched alkanes of at least 4 members (excludes halogenated alkanes) is 2. The van der Waals surface area contributed by atoms with E-state index < -0.39 is 18.0 Å². The van der Waals surface area contributed by atoms with Gasteiger partial charge in [0.1, 0.15) is 0 Å². The largest absolute Gasteiger partial charge is 0.463 e. The van der Waals surface area contributed by atoms with Crippen LogP contribution in [-0.2, 0) is 19.1 Å². The number of carbonyl (C=O) groups is 2. The minimum atomic E-state index is -0.847. The maximum Gasteiger partial charge on any atom is 0.347 e. The summed E-state index contributed by atoms with van der Waals surface area (Å²) in [5, 5.41) is 0. The second kappa shape index (κ2) is 10.2. The molecular formula is C13H24O4S. The lowest BCUT2D eigenvalue weighted by Gasteiger charge is -2.12. The Bertz CT molecular complexity index is 253. The van der Waals surface area contributed by atoms with Crippen molar-refractivity contribution >= 4 is 24.6 Å². The second-order valence-electron chi connectivity index (χ2n) is 4.70. The molecule has 0 spiro atoms. The van der Waals surface area contributed by atoms with Gasteiger partial charge < -0.3 is 9.47 Å². The Kier molecular flexibility index (Phi) is 9.83. The molecule has 0 saturated heterocycles. The molecule has 0 aliphatic rings. The van der Waals surface area contributed by atoms with Crippen molar-refractivity contribution in [3.8, 4) is 0 Å². The van der Waals surface area contributed by atoms with E-state index in [0.717, 1.165) is 19.3 Å². The molecule has 4 nitrogen and oxygen atoms in total. The zero-order valence-corrected chi connectivity index (χ0v) is 12.4. The summed E-state index contributed by atoms with van der Waals surface area (Å²) in [7, 11) is 0. The van der Waals surface area contributed by atoms with Gasteiger partial charge in [-0.25, -0.2) is 4.79 Å². The van der Waals surface area contributed by atoms with Crippen LogP contribution in [0.1, 0.15) is 46.5 Å². The molecule has 0 aromatic rings. The highest BCUT2D eigenvalue weighted by molar-refractivity contribution is 7.81. The van der Waals surface area contributed by atoms with Crippen molar-refractivity contribution in [2.45, 2.75) is 52.6 Å². The predicted octanol–water partition coefficient (Wildman–Crippen LogP) is 2.61. The van der Waals surface area contributed by atoms with E-state index in [0.29, 0.717) is 12.5 Å².